The number of fused-ring (bicyclic) bond motifs is 2. The van der Waals surface area contributed by atoms with Crippen molar-refractivity contribution in [1.82, 2.24) is 0 Å². The molecule has 1 atom stereocenters. The van der Waals surface area contributed by atoms with Crippen LogP contribution in [0.2, 0.25) is 0 Å². The second-order valence-corrected chi connectivity index (χ2v) is 15.0. The molecule has 1 heteroatoms. The maximum atomic E-state index is 5.55. The lowest BCUT2D eigenvalue weighted by molar-refractivity contribution is 0.693. The van der Waals surface area contributed by atoms with Gasteiger partial charge in [-0.1, -0.05) is 212 Å². The summed E-state index contributed by atoms with van der Waals surface area (Å²) in [4.78, 5) is 5.55. The Hall–Kier alpha value is -7.09. The molecule has 1 aliphatic rings. The number of hydrogen-bond acceptors (Lipinski definition) is 1. The van der Waals surface area contributed by atoms with E-state index >= 15 is 0 Å². The van der Waals surface area contributed by atoms with Crippen molar-refractivity contribution in [2.45, 2.75) is 12.8 Å². The molecule has 9 aromatic carbocycles. The quantitative estimate of drug-likeness (QED) is 0.138. The summed E-state index contributed by atoms with van der Waals surface area (Å²) in [5.41, 5.74) is 15.6. The van der Waals surface area contributed by atoms with Crippen molar-refractivity contribution in [3.63, 3.8) is 0 Å². The van der Waals surface area contributed by atoms with E-state index in [1.54, 1.807) is 0 Å². The van der Waals surface area contributed by atoms with Crippen molar-refractivity contribution >= 4 is 33.0 Å². The average Bonchev–Trinajstić information content (AvgIpc) is 3.29. The summed E-state index contributed by atoms with van der Waals surface area (Å²) in [6.07, 6.45) is 4.18. The van der Waals surface area contributed by atoms with Gasteiger partial charge in [-0.25, -0.2) is 0 Å². The van der Waals surface area contributed by atoms with Crippen LogP contribution < -0.4 is 0 Å². The maximum absolute atomic E-state index is 5.55. The summed E-state index contributed by atoms with van der Waals surface area (Å²) < 4.78 is 0. The van der Waals surface area contributed by atoms with Crippen molar-refractivity contribution in [2.24, 2.45) is 10.9 Å². The summed E-state index contributed by atoms with van der Waals surface area (Å²) in [6, 6.07) is 77.1. The van der Waals surface area contributed by atoms with Crippen molar-refractivity contribution in [3.05, 3.63) is 235 Å². The van der Waals surface area contributed by atoms with E-state index in [0.717, 1.165) is 29.8 Å². The molecule has 9 aromatic rings. The zero-order valence-electron chi connectivity index (χ0n) is 31.7. The molecule has 270 valence electrons. The number of aliphatic imine (C=N–C) groups is 1. The van der Waals surface area contributed by atoms with Crippen LogP contribution in [-0.2, 0) is 6.42 Å². The first-order valence-electron chi connectivity index (χ1n) is 20.0. The maximum Gasteiger partial charge on any atom is 0.0666 e. The third kappa shape index (κ3) is 6.58. The van der Waals surface area contributed by atoms with E-state index in [-0.39, 0.29) is 5.92 Å². The van der Waals surface area contributed by atoms with Crippen LogP contribution in [0.5, 0.6) is 0 Å². The Bertz CT molecular complexity index is 2920. The first-order valence-corrected chi connectivity index (χ1v) is 20.0. The van der Waals surface area contributed by atoms with E-state index in [1.165, 1.54) is 77.2 Å². The number of rotatable bonds is 8. The largest absolute Gasteiger partial charge is 0.252 e. The first kappa shape index (κ1) is 34.4. The monoisotopic (exact) mass is 727 g/mol. The van der Waals surface area contributed by atoms with Crippen LogP contribution in [-0.4, -0.2) is 5.71 Å². The molecule has 0 radical (unpaired) electrons. The number of hydrogen-bond donors (Lipinski definition) is 0. The number of allylic oxidation sites excluding steroid dienone is 1. The summed E-state index contributed by atoms with van der Waals surface area (Å²) in [6.45, 7) is 0. The second-order valence-electron chi connectivity index (χ2n) is 15.0. The zero-order chi connectivity index (χ0) is 38.0. The molecule has 0 saturated heterocycles. The lowest BCUT2D eigenvalue weighted by atomic mass is 9.80. The lowest BCUT2D eigenvalue weighted by Crippen LogP contribution is -2.21. The van der Waals surface area contributed by atoms with Crippen LogP contribution >= 0.6 is 0 Å². The second kappa shape index (κ2) is 15.2. The van der Waals surface area contributed by atoms with E-state index in [0.29, 0.717) is 0 Å². The van der Waals surface area contributed by atoms with Gasteiger partial charge in [-0.3, -0.25) is 4.99 Å². The Labute approximate surface area is 335 Å². The van der Waals surface area contributed by atoms with E-state index in [9.17, 15) is 0 Å². The van der Waals surface area contributed by atoms with Gasteiger partial charge in [-0.15, -0.1) is 0 Å². The van der Waals surface area contributed by atoms with Crippen LogP contribution in [0.4, 0.5) is 0 Å². The van der Waals surface area contributed by atoms with E-state index in [4.69, 9.17) is 4.99 Å². The Kier molecular flexibility index (Phi) is 9.18. The van der Waals surface area contributed by atoms with Gasteiger partial charge in [0.25, 0.3) is 0 Å². The highest BCUT2D eigenvalue weighted by Crippen LogP contribution is 2.48. The van der Waals surface area contributed by atoms with Gasteiger partial charge in [-0.2, -0.15) is 0 Å². The topological polar surface area (TPSA) is 12.4 Å². The molecular weight excluding hydrogens is 687 g/mol. The Balaban J connectivity index is 1.28. The standard InChI is InChI=1S/C56H41N/c1-5-19-39(20-6-1)37-43-34-36-53(42-25-11-4-12-26-42)57-56(43)44-33-35-51-52(38-44)55(48-30-16-14-28-46(48)41-23-9-3-10-24-41)50-32-18-17-31-49(50)54(51)47-29-15-13-27-45(47)40-21-7-2-8-22-40/h1-33,35-36,38,43H,34,37H2. The number of benzene rings is 9. The molecule has 1 nitrogen and oxygen atoms in total. The van der Waals surface area contributed by atoms with Crippen LogP contribution in [0.3, 0.4) is 0 Å². The molecule has 0 amide bonds. The highest BCUT2D eigenvalue weighted by atomic mass is 14.8. The minimum atomic E-state index is 0.233. The molecule has 0 fully saturated rings. The molecule has 0 aliphatic carbocycles. The summed E-state index contributed by atoms with van der Waals surface area (Å²) in [5, 5.41) is 4.93. The van der Waals surface area contributed by atoms with Gasteiger partial charge < -0.3 is 0 Å². The highest BCUT2D eigenvalue weighted by Gasteiger charge is 2.26. The fourth-order valence-corrected chi connectivity index (χ4v) is 8.86. The van der Waals surface area contributed by atoms with Gasteiger partial charge in [-0.05, 0) is 102 Å². The average molecular weight is 728 g/mol. The summed E-state index contributed by atoms with van der Waals surface area (Å²) >= 11 is 0. The van der Waals surface area contributed by atoms with Crippen molar-refractivity contribution in [3.8, 4) is 44.5 Å². The zero-order valence-corrected chi connectivity index (χ0v) is 31.7. The molecule has 0 spiro atoms. The van der Waals surface area contributed by atoms with Gasteiger partial charge in [0.2, 0.25) is 0 Å². The Morgan fingerprint density at radius 2 is 0.807 bits per heavy atom. The molecule has 10 rings (SSSR count). The Morgan fingerprint density at radius 3 is 1.37 bits per heavy atom. The van der Waals surface area contributed by atoms with Crippen LogP contribution in [0.15, 0.2) is 223 Å². The SMILES string of the molecule is C1=C(c2ccccc2)N=C(c2ccc3c(-c4ccccc4-c4ccccc4)c4ccccc4c(-c4ccccc4-c4ccccc4)c3c2)C(Cc2ccccc2)C1. The summed E-state index contributed by atoms with van der Waals surface area (Å²) in [7, 11) is 0. The molecule has 0 bridgehead atoms. The third-order valence-electron chi connectivity index (χ3n) is 11.5. The molecule has 57 heavy (non-hydrogen) atoms. The smallest absolute Gasteiger partial charge is 0.0666 e. The first-order chi connectivity index (χ1) is 28.3. The minimum absolute atomic E-state index is 0.233. The van der Waals surface area contributed by atoms with Gasteiger partial charge in [0, 0.05) is 5.92 Å². The van der Waals surface area contributed by atoms with Crippen molar-refractivity contribution < 1.29 is 0 Å². The number of nitrogens with zero attached hydrogens (tertiary/aromatic N) is 1. The van der Waals surface area contributed by atoms with E-state index in [1.807, 2.05) is 0 Å². The molecule has 1 heterocycles. The van der Waals surface area contributed by atoms with Gasteiger partial charge in [0.05, 0.1) is 11.4 Å². The molecule has 0 saturated carbocycles. The molecule has 0 N–H and O–H groups in total. The van der Waals surface area contributed by atoms with E-state index in [2.05, 4.69) is 218 Å². The normalized spacial score (nSPS) is 14.0. The predicted molar refractivity (Wildman–Crippen MR) is 242 cm³/mol. The van der Waals surface area contributed by atoms with Crippen molar-refractivity contribution in [1.29, 1.82) is 0 Å². The fraction of sp³-hybridized carbons (Fsp3) is 0.0536. The minimum Gasteiger partial charge on any atom is -0.252 e. The van der Waals surface area contributed by atoms with Crippen molar-refractivity contribution in [2.75, 3.05) is 0 Å². The molecule has 0 aromatic heterocycles. The fourth-order valence-electron chi connectivity index (χ4n) is 8.86. The molecule has 1 unspecified atom stereocenters. The highest BCUT2D eigenvalue weighted by molar-refractivity contribution is 6.24. The van der Waals surface area contributed by atoms with Crippen LogP contribution in [0.1, 0.15) is 23.1 Å². The summed E-state index contributed by atoms with van der Waals surface area (Å²) in [5.74, 6) is 0.233. The van der Waals surface area contributed by atoms with Crippen LogP contribution in [0, 0.1) is 5.92 Å². The lowest BCUT2D eigenvalue weighted by Gasteiger charge is -2.25. The Morgan fingerprint density at radius 1 is 0.368 bits per heavy atom. The third-order valence-corrected chi connectivity index (χ3v) is 11.5. The molecule has 1 aliphatic heterocycles. The van der Waals surface area contributed by atoms with Gasteiger partial charge in [0.15, 0.2) is 0 Å². The van der Waals surface area contributed by atoms with Gasteiger partial charge in [0.1, 0.15) is 0 Å². The molecular formula is C56H41N. The van der Waals surface area contributed by atoms with Crippen LogP contribution in [0.25, 0.3) is 71.7 Å². The van der Waals surface area contributed by atoms with Gasteiger partial charge >= 0.3 is 0 Å². The van der Waals surface area contributed by atoms with E-state index < -0.39 is 0 Å². The predicted octanol–water partition coefficient (Wildman–Crippen LogP) is 14.8.